The summed E-state index contributed by atoms with van der Waals surface area (Å²) >= 11 is 0. The van der Waals surface area contributed by atoms with Crippen LogP contribution in [-0.4, -0.2) is 25.5 Å². The van der Waals surface area contributed by atoms with E-state index >= 15 is 0 Å². The Morgan fingerprint density at radius 2 is 2.09 bits per heavy atom. The van der Waals surface area contributed by atoms with E-state index in [4.69, 9.17) is 0 Å². The van der Waals surface area contributed by atoms with Gasteiger partial charge in [0.2, 0.25) is 5.91 Å². The number of hydrogen-bond donors (Lipinski definition) is 2. The van der Waals surface area contributed by atoms with Crippen LogP contribution in [0.15, 0.2) is 30.3 Å². The first kappa shape index (κ1) is 17.0. The van der Waals surface area contributed by atoms with Crippen molar-refractivity contribution < 1.29 is 4.79 Å². The fourth-order valence-corrected chi connectivity index (χ4v) is 3.05. The third-order valence-electron chi connectivity index (χ3n) is 4.57. The molecule has 1 saturated heterocycles. The monoisotopic (exact) mass is 302 g/mol. The summed E-state index contributed by atoms with van der Waals surface area (Å²) in [7, 11) is 0. The van der Waals surface area contributed by atoms with Gasteiger partial charge >= 0.3 is 0 Å². The number of benzene rings is 1. The number of carbonyl (C=O) groups is 1. The summed E-state index contributed by atoms with van der Waals surface area (Å²) in [6.45, 7) is 7.15. The highest BCUT2D eigenvalue weighted by atomic mass is 16.1. The van der Waals surface area contributed by atoms with Crippen molar-refractivity contribution in [2.75, 3.05) is 19.6 Å². The van der Waals surface area contributed by atoms with Crippen LogP contribution in [0.5, 0.6) is 0 Å². The molecule has 0 spiro atoms. The van der Waals surface area contributed by atoms with Gasteiger partial charge in [0.25, 0.3) is 0 Å². The molecule has 3 heteroatoms. The zero-order valence-corrected chi connectivity index (χ0v) is 14.0. The standard InChI is InChI=1S/C19H30N2O/c1-19(2,12-6-10-16-8-4-3-5-9-16)15-21-18(22)17-11-7-13-20-14-17/h3-5,8-9,17,20H,6-7,10-15H2,1-2H3,(H,21,22). The summed E-state index contributed by atoms with van der Waals surface area (Å²) in [6, 6.07) is 10.6. The van der Waals surface area contributed by atoms with Gasteiger partial charge in [-0.2, -0.15) is 0 Å². The van der Waals surface area contributed by atoms with E-state index in [0.29, 0.717) is 0 Å². The maximum Gasteiger partial charge on any atom is 0.224 e. The summed E-state index contributed by atoms with van der Waals surface area (Å²) in [4.78, 5) is 12.2. The SMILES string of the molecule is CC(C)(CCCc1ccccc1)CNC(=O)C1CCCNC1. The van der Waals surface area contributed by atoms with Gasteiger partial charge in [-0.25, -0.2) is 0 Å². The van der Waals surface area contributed by atoms with Crippen LogP contribution < -0.4 is 10.6 Å². The Kier molecular flexibility index (Phi) is 6.44. The molecule has 0 bridgehead atoms. The molecule has 0 aliphatic carbocycles. The Morgan fingerprint density at radius 1 is 1.32 bits per heavy atom. The maximum absolute atomic E-state index is 12.2. The maximum atomic E-state index is 12.2. The van der Waals surface area contributed by atoms with Crippen molar-refractivity contribution in [3.63, 3.8) is 0 Å². The molecule has 122 valence electrons. The van der Waals surface area contributed by atoms with Crippen molar-refractivity contribution in [1.82, 2.24) is 10.6 Å². The minimum atomic E-state index is 0.159. The smallest absolute Gasteiger partial charge is 0.224 e. The second kappa shape index (κ2) is 8.33. The van der Waals surface area contributed by atoms with E-state index in [-0.39, 0.29) is 17.2 Å². The molecule has 1 unspecified atom stereocenters. The van der Waals surface area contributed by atoms with Crippen LogP contribution >= 0.6 is 0 Å². The quantitative estimate of drug-likeness (QED) is 0.812. The Hall–Kier alpha value is -1.35. The fraction of sp³-hybridized carbons (Fsp3) is 0.632. The topological polar surface area (TPSA) is 41.1 Å². The highest BCUT2D eigenvalue weighted by Gasteiger charge is 2.23. The van der Waals surface area contributed by atoms with Crippen LogP contribution in [0.3, 0.4) is 0 Å². The predicted octanol–water partition coefficient (Wildman–Crippen LogP) is 3.15. The van der Waals surface area contributed by atoms with Gasteiger partial charge in [-0.05, 0) is 49.6 Å². The van der Waals surface area contributed by atoms with Gasteiger partial charge in [-0.15, -0.1) is 0 Å². The molecular formula is C19H30N2O. The average molecular weight is 302 g/mol. The number of piperidine rings is 1. The summed E-state index contributed by atoms with van der Waals surface area (Å²) < 4.78 is 0. The van der Waals surface area contributed by atoms with Crippen molar-refractivity contribution in [3.05, 3.63) is 35.9 Å². The van der Waals surface area contributed by atoms with Gasteiger partial charge in [0, 0.05) is 13.1 Å². The van der Waals surface area contributed by atoms with E-state index in [9.17, 15) is 4.79 Å². The van der Waals surface area contributed by atoms with Crippen molar-refractivity contribution in [2.24, 2.45) is 11.3 Å². The van der Waals surface area contributed by atoms with Crippen LogP contribution in [0.2, 0.25) is 0 Å². The number of rotatable bonds is 7. The first-order valence-corrected chi connectivity index (χ1v) is 8.59. The van der Waals surface area contributed by atoms with E-state index in [1.54, 1.807) is 0 Å². The Morgan fingerprint density at radius 3 is 2.77 bits per heavy atom. The lowest BCUT2D eigenvalue weighted by Crippen LogP contribution is -2.43. The molecule has 1 aliphatic heterocycles. The highest BCUT2D eigenvalue weighted by Crippen LogP contribution is 2.23. The van der Waals surface area contributed by atoms with E-state index in [1.807, 2.05) is 0 Å². The summed E-state index contributed by atoms with van der Waals surface area (Å²) in [6.07, 6.45) is 5.54. The lowest BCUT2D eigenvalue weighted by molar-refractivity contribution is -0.125. The van der Waals surface area contributed by atoms with Crippen LogP contribution in [-0.2, 0) is 11.2 Å². The molecule has 0 radical (unpaired) electrons. The van der Waals surface area contributed by atoms with Crippen LogP contribution in [0.4, 0.5) is 0 Å². The first-order valence-electron chi connectivity index (χ1n) is 8.59. The Bertz CT molecular complexity index is 450. The summed E-state index contributed by atoms with van der Waals surface area (Å²) in [5, 5.41) is 6.47. The third kappa shape index (κ3) is 5.80. The number of amides is 1. The van der Waals surface area contributed by atoms with Crippen molar-refractivity contribution in [2.45, 2.75) is 46.0 Å². The summed E-state index contributed by atoms with van der Waals surface area (Å²) in [5.74, 6) is 0.386. The number of carbonyl (C=O) groups excluding carboxylic acids is 1. The fourth-order valence-electron chi connectivity index (χ4n) is 3.05. The second-order valence-electron chi connectivity index (χ2n) is 7.26. The van der Waals surface area contributed by atoms with Gasteiger partial charge in [0.15, 0.2) is 0 Å². The molecule has 1 atom stereocenters. The summed E-state index contributed by atoms with van der Waals surface area (Å²) in [5.41, 5.74) is 1.56. The molecule has 0 saturated carbocycles. The zero-order valence-electron chi connectivity index (χ0n) is 14.0. The van der Waals surface area contributed by atoms with Crippen LogP contribution in [0.25, 0.3) is 0 Å². The van der Waals surface area contributed by atoms with Gasteiger partial charge in [0.05, 0.1) is 5.92 Å². The predicted molar refractivity (Wildman–Crippen MR) is 91.8 cm³/mol. The molecule has 0 aromatic heterocycles. The van der Waals surface area contributed by atoms with E-state index in [1.165, 1.54) is 5.56 Å². The lowest BCUT2D eigenvalue weighted by atomic mass is 9.86. The molecule has 2 N–H and O–H groups in total. The molecule has 22 heavy (non-hydrogen) atoms. The zero-order chi connectivity index (χ0) is 15.8. The van der Waals surface area contributed by atoms with E-state index in [0.717, 1.165) is 51.7 Å². The molecule has 3 nitrogen and oxygen atoms in total. The Labute approximate surface area is 134 Å². The highest BCUT2D eigenvalue weighted by molar-refractivity contribution is 5.79. The lowest BCUT2D eigenvalue weighted by Gasteiger charge is -2.28. The number of aryl methyl sites for hydroxylation is 1. The van der Waals surface area contributed by atoms with Gasteiger partial charge < -0.3 is 10.6 Å². The van der Waals surface area contributed by atoms with Crippen LogP contribution in [0, 0.1) is 11.3 Å². The molecule has 1 aromatic carbocycles. The third-order valence-corrected chi connectivity index (χ3v) is 4.57. The second-order valence-corrected chi connectivity index (χ2v) is 7.26. The van der Waals surface area contributed by atoms with Gasteiger partial charge in [-0.3, -0.25) is 4.79 Å². The van der Waals surface area contributed by atoms with Crippen molar-refractivity contribution >= 4 is 5.91 Å². The molecular weight excluding hydrogens is 272 g/mol. The molecule has 1 fully saturated rings. The molecule has 1 aliphatic rings. The number of nitrogens with one attached hydrogen (secondary N) is 2. The molecule has 1 heterocycles. The van der Waals surface area contributed by atoms with Crippen molar-refractivity contribution in [1.29, 1.82) is 0 Å². The average Bonchev–Trinajstić information content (AvgIpc) is 2.54. The first-order chi connectivity index (χ1) is 10.6. The molecule has 2 rings (SSSR count). The Balaban J connectivity index is 1.67. The minimum absolute atomic E-state index is 0.159. The van der Waals surface area contributed by atoms with Gasteiger partial charge in [0.1, 0.15) is 0 Å². The van der Waals surface area contributed by atoms with Crippen LogP contribution in [0.1, 0.15) is 45.1 Å². The molecule has 1 amide bonds. The van der Waals surface area contributed by atoms with Crippen molar-refractivity contribution in [3.8, 4) is 0 Å². The minimum Gasteiger partial charge on any atom is -0.355 e. The largest absolute Gasteiger partial charge is 0.355 e. The molecule has 1 aromatic rings. The van der Waals surface area contributed by atoms with Gasteiger partial charge in [-0.1, -0.05) is 44.2 Å². The van der Waals surface area contributed by atoms with E-state index in [2.05, 4.69) is 54.8 Å². The normalized spacial score (nSPS) is 18.9. The van der Waals surface area contributed by atoms with E-state index < -0.39 is 0 Å². The number of hydrogen-bond acceptors (Lipinski definition) is 2.